The summed E-state index contributed by atoms with van der Waals surface area (Å²) >= 11 is 0. The van der Waals surface area contributed by atoms with E-state index in [4.69, 9.17) is 14.7 Å². The fraction of sp³-hybridized carbons (Fsp3) is 0.571. The minimum absolute atomic E-state index is 0.122. The van der Waals surface area contributed by atoms with Crippen LogP contribution in [0.25, 0.3) is 11.0 Å². The molecule has 1 saturated carbocycles. The van der Waals surface area contributed by atoms with Gasteiger partial charge in [0.1, 0.15) is 5.60 Å². The van der Waals surface area contributed by atoms with Crippen molar-refractivity contribution in [2.75, 3.05) is 23.7 Å². The SMILES string of the molecule is CC(C)(C)OC(=O)N1CCC[C@@H](Nc2nc3ccccc3nc2NC2CC2)C1. The molecule has 1 aromatic heterocycles. The van der Waals surface area contributed by atoms with Crippen LogP contribution in [-0.2, 0) is 4.74 Å². The summed E-state index contributed by atoms with van der Waals surface area (Å²) in [6.07, 6.45) is 4.01. The molecular formula is C21H29N5O2. The highest BCUT2D eigenvalue weighted by molar-refractivity contribution is 5.80. The Labute approximate surface area is 165 Å². The minimum atomic E-state index is -0.484. The molecular weight excluding hydrogens is 354 g/mol. The zero-order chi connectivity index (χ0) is 19.7. The minimum Gasteiger partial charge on any atom is -0.444 e. The number of aromatic nitrogens is 2. The highest BCUT2D eigenvalue weighted by Crippen LogP contribution is 2.30. The quantitative estimate of drug-likeness (QED) is 0.830. The molecule has 0 unspecified atom stereocenters. The summed E-state index contributed by atoms with van der Waals surface area (Å²) in [5.41, 5.74) is 1.27. The van der Waals surface area contributed by atoms with E-state index in [0.717, 1.165) is 42.1 Å². The fourth-order valence-electron chi connectivity index (χ4n) is 3.40. The Morgan fingerprint density at radius 3 is 2.21 bits per heavy atom. The molecule has 1 atom stereocenters. The number of likely N-dealkylation sites (tertiary alicyclic amines) is 1. The van der Waals surface area contributed by atoms with Crippen molar-refractivity contribution in [3.63, 3.8) is 0 Å². The van der Waals surface area contributed by atoms with Crippen LogP contribution in [0.3, 0.4) is 0 Å². The molecule has 0 radical (unpaired) electrons. The monoisotopic (exact) mass is 383 g/mol. The molecule has 1 aliphatic carbocycles. The summed E-state index contributed by atoms with van der Waals surface area (Å²) in [5, 5.41) is 7.03. The zero-order valence-corrected chi connectivity index (χ0v) is 16.9. The maximum absolute atomic E-state index is 12.4. The number of carbonyl (C=O) groups excluding carboxylic acids is 1. The number of amides is 1. The largest absolute Gasteiger partial charge is 0.444 e. The standard InChI is InChI=1S/C21H29N5O2/c1-21(2,3)28-20(27)26-12-6-7-15(13-26)23-19-18(22-14-10-11-14)24-16-8-4-5-9-17(16)25-19/h4-5,8-9,14-15H,6-7,10-13H2,1-3H3,(H,22,24)(H,23,25)/t15-/m1/s1. The van der Waals surface area contributed by atoms with Crippen molar-refractivity contribution in [2.45, 2.75) is 64.1 Å². The summed E-state index contributed by atoms with van der Waals surface area (Å²) < 4.78 is 5.54. The Balaban J connectivity index is 1.51. The first-order valence-electron chi connectivity index (χ1n) is 10.2. The van der Waals surface area contributed by atoms with Gasteiger partial charge in [-0.25, -0.2) is 14.8 Å². The van der Waals surface area contributed by atoms with Crippen LogP contribution >= 0.6 is 0 Å². The lowest BCUT2D eigenvalue weighted by atomic mass is 10.1. The van der Waals surface area contributed by atoms with E-state index >= 15 is 0 Å². The first-order valence-corrected chi connectivity index (χ1v) is 10.2. The van der Waals surface area contributed by atoms with Crippen molar-refractivity contribution in [2.24, 2.45) is 0 Å². The van der Waals surface area contributed by atoms with Crippen LogP contribution in [0.15, 0.2) is 24.3 Å². The van der Waals surface area contributed by atoms with E-state index in [-0.39, 0.29) is 12.1 Å². The number of hydrogen-bond donors (Lipinski definition) is 2. The van der Waals surface area contributed by atoms with Crippen LogP contribution in [0.5, 0.6) is 0 Å². The van der Waals surface area contributed by atoms with Gasteiger partial charge in [0.25, 0.3) is 0 Å². The smallest absolute Gasteiger partial charge is 0.410 e. The second kappa shape index (κ2) is 7.45. The third kappa shape index (κ3) is 4.64. The van der Waals surface area contributed by atoms with E-state index in [1.54, 1.807) is 4.90 Å². The number of benzene rings is 1. The van der Waals surface area contributed by atoms with Gasteiger partial charge < -0.3 is 20.3 Å². The van der Waals surface area contributed by atoms with Crippen molar-refractivity contribution in [3.05, 3.63) is 24.3 Å². The van der Waals surface area contributed by atoms with Gasteiger partial charge in [-0.1, -0.05) is 12.1 Å². The predicted molar refractivity (Wildman–Crippen MR) is 111 cm³/mol. The van der Waals surface area contributed by atoms with Crippen LogP contribution in [0.1, 0.15) is 46.5 Å². The van der Waals surface area contributed by atoms with Gasteiger partial charge in [0, 0.05) is 25.2 Å². The number of para-hydroxylation sites is 2. The summed E-state index contributed by atoms with van der Waals surface area (Å²) in [5.74, 6) is 1.57. The highest BCUT2D eigenvalue weighted by Gasteiger charge is 2.29. The first kappa shape index (κ1) is 18.8. The Kier molecular flexibility index (Phi) is 5.00. The van der Waals surface area contributed by atoms with Crippen molar-refractivity contribution in [1.82, 2.24) is 14.9 Å². The van der Waals surface area contributed by atoms with Gasteiger partial charge >= 0.3 is 6.09 Å². The van der Waals surface area contributed by atoms with Crippen LogP contribution in [0.4, 0.5) is 16.4 Å². The molecule has 7 heteroatoms. The number of fused-ring (bicyclic) bond motifs is 1. The number of nitrogens with zero attached hydrogens (tertiary/aromatic N) is 3. The summed E-state index contributed by atoms with van der Waals surface area (Å²) in [6, 6.07) is 8.51. The highest BCUT2D eigenvalue weighted by atomic mass is 16.6. The van der Waals surface area contributed by atoms with Gasteiger partial charge in [-0.05, 0) is 58.6 Å². The van der Waals surface area contributed by atoms with Crippen molar-refractivity contribution in [3.8, 4) is 0 Å². The fourth-order valence-corrected chi connectivity index (χ4v) is 3.40. The Hall–Kier alpha value is -2.57. The number of anilines is 2. The maximum atomic E-state index is 12.4. The van der Waals surface area contributed by atoms with Crippen LogP contribution in [-0.4, -0.2) is 51.7 Å². The molecule has 2 aromatic rings. The topological polar surface area (TPSA) is 79.4 Å². The van der Waals surface area contributed by atoms with E-state index in [1.165, 1.54) is 12.8 Å². The number of piperidine rings is 1. The van der Waals surface area contributed by atoms with E-state index in [1.807, 2.05) is 45.0 Å². The van der Waals surface area contributed by atoms with Gasteiger partial charge in [-0.15, -0.1) is 0 Å². The molecule has 28 heavy (non-hydrogen) atoms. The molecule has 7 nitrogen and oxygen atoms in total. The molecule has 2 heterocycles. The number of nitrogens with one attached hydrogen (secondary N) is 2. The normalized spacial score (nSPS) is 20.1. The van der Waals surface area contributed by atoms with Gasteiger partial charge in [0.2, 0.25) is 0 Å². The molecule has 2 fully saturated rings. The Morgan fingerprint density at radius 1 is 1.04 bits per heavy atom. The van der Waals surface area contributed by atoms with Gasteiger partial charge in [-0.2, -0.15) is 0 Å². The molecule has 1 aliphatic heterocycles. The van der Waals surface area contributed by atoms with Crippen LogP contribution in [0, 0.1) is 0 Å². The Bertz CT molecular complexity index is 859. The maximum Gasteiger partial charge on any atom is 0.410 e. The van der Waals surface area contributed by atoms with Crippen molar-refractivity contribution < 1.29 is 9.53 Å². The lowest BCUT2D eigenvalue weighted by molar-refractivity contribution is 0.0206. The lowest BCUT2D eigenvalue weighted by Crippen LogP contribution is -2.47. The number of ether oxygens (including phenoxy) is 1. The molecule has 150 valence electrons. The average molecular weight is 383 g/mol. The molecule has 0 bridgehead atoms. The van der Waals surface area contributed by atoms with E-state index in [0.29, 0.717) is 12.6 Å². The molecule has 0 spiro atoms. The summed E-state index contributed by atoms with van der Waals surface area (Å²) in [7, 11) is 0. The second-order valence-electron chi connectivity index (χ2n) is 8.74. The number of rotatable bonds is 4. The summed E-state index contributed by atoms with van der Waals surface area (Å²) in [6.45, 7) is 7.01. The first-order chi connectivity index (χ1) is 13.4. The van der Waals surface area contributed by atoms with E-state index in [2.05, 4.69) is 10.6 Å². The zero-order valence-electron chi connectivity index (χ0n) is 16.9. The Morgan fingerprint density at radius 2 is 1.64 bits per heavy atom. The van der Waals surface area contributed by atoms with Gasteiger partial charge in [0.05, 0.1) is 11.0 Å². The average Bonchev–Trinajstić information content (AvgIpc) is 3.45. The van der Waals surface area contributed by atoms with Gasteiger partial charge in [-0.3, -0.25) is 0 Å². The van der Waals surface area contributed by atoms with Gasteiger partial charge in [0.15, 0.2) is 11.6 Å². The summed E-state index contributed by atoms with van der Waals surface area (Å²) in [4.78, 5) is 23.8. The van der Waals surface area contributed by atoms with Crippen LogP contribution < -0.4 is 10.6 Å². The second-order valence-corrected chi connectivity index (χ2v) is 8.74. The molecule has 1 amide bonds. The van der Waals surface area contributed by atoms with E-state index < -0.39 is 5.60 Å². The lowest BCUT2D eigenvalue weighted by Gasteiger charge is -2.34. The molecule has 2 aliphatic rings. The molecule has 1 saturated heterocycles. The number of carbonyl (C=O) groups is 1. The molecule has 2 N–H and O–H groups in total. The predicted octanol–water partition coefficient (Wildman–Crippen LogP) is 4.02. The third-order valence-electron chi connectivity index (χ3n) is 4.90. The third-order valence-corrected chi connectivity index (χ3v) is 4.90. The van der Waals surface area contributed by atoms with Crippen molar-refractivity contribution in [1.29, 1.82) is 0 Å². The molecule has 4 rings (SSSR count). The van der Waals surface area contributed by atoms with Crippen molar-refractivity contribution >= 4 is 28.8 Å². The molecule has 1 aromatic carbocycles. The van der Waals surface area contributed by atoms with E-state index in [9.17, 15) is 4.79 Å². The number of hydrogen-bond acceptors (Lipinski definition) is 6. The van der Waals surface area contributed by atoms with Crippen LogP contribution in [0.2, 0.25) is 0 Å².